The number of hydrogen-bond donors (Lipinski definition) is 2. The smallest absolute Gasteiger partial charge is 0.313 e. The lowest BCUT2D eigenvalue weighted by atomic mass is 10.2. The van der Waals surface area contributed by atoms with E-state index in [4.69, 9.17) is 5.73 Å². The van der Waals surface area contributed by atoms with Crippen molar-refractivity contribution in [3.63, 3.8) is 0 Å². The molecule has 0 aromatic heterocycles. The Kier molecular flexibility index (Phi) is 4.51. The molecule has 0 aliphatic heterocycles. The van der Waals surface area contributed by atoms with Crippen LogP contribution in [0.15, 0.2) is 24.3 Å². The highest BCUT2D eigenvalue weighted by Gasteiger charge is 2.08. The van der Waals surface area contributed by atoms with Crippen LogP contribution in [-0.2, 0) is 9.59 Å². The number of benzene rings is 1. The van der Waals surface area contributed by atoms with Crippen LogP contribution in [0.2, 0.25) is 0 Å². The first-order valence-electron chi connectivity index (χ1n) is 5.54. The van der Waals surface area contributed by atoms with E-state index < -0.39 is 11.8 Å². The van der Waals surface area contributed by atoms with Crippen molar-refractivity contribution in [2.75, 3.05) is 23.3 Å². The first kappa shape index (κ1) is 13.0. The van der Waals surface area contributed by atoms with Gasteiger partial charge in [-0.25, -0.2) is 0 Å². The van der Waals surface area contributed by atoms with Gasteiger partial charge >= 0.3 is 11.8 Å². The zero-order chi connectivity index (χ0) is 12.8. The fourth-order valence-corrected chi connectivity index (χ4v) is 1.54. The number of primary amides is 1. The second-order valence-electron chi connectivity index (χ2n) is 3.54. The van der Waals surface area contributed by atoms with E-state index >= 15 is 0 Å². The zero-order valence-electron chi connectivity index (χ0n) is 10.1. The Labute approximate surface area is 101 Å². The van der Waals surface area contributed by atoms with Crippen molar-refractivity contribution < 1.29 is 9.59 Å². The van der Waals surface area contributed by atoms with Crippen molar-refractivity contribution in [2.45, 2.75) is 13.8 Å². The van der Waals surface area contributed by atoms with Gasteiger partial charge in [0.25, 0.3) is 0 Å². The molecule has 1 aromatic rings. The van der Waals surface area contributed by atoms with Crippen LogP contribution in [0.3, 0.4) is 0 Å². The van der Waals surface area contributed by atoms with Gasteiger partial charge in [0.15, 0.2) is 0 Å². The molecule has 0 spiro atoms. The molecule has 0 saturated carbocycles. The van der Waals surface area contributed by atoms with Gasteiger partial charge in [-0.15, -0.1) is 0 Å². The minimum atomic E-state index is -0.988. The van der Waals surface area contributed by atoms with Gasteiger partial charge in [0.1, 0.15) is 0 Å². The number of carbonyl (C=O) groups excluding carboxylic acids is 2. The molecule has 0 bridgehead atoms. The van der Waals surface area contributed by atoms with Crippen molar-refractivity contribution >= 4 is 23.2 Å². The summed E-state index contributed by atoms with van der Waals surface area (Å²) in [5.41, 5.74) is 6.48. The van der Waals surface area contributed by atoms with Crippen molar-refractivity contribution in [2.24, 2.45) is 5.73 Å². The van der Waals surface area contributed by atoms with Crippen molar-refractivity contribution in [1.29, 1.82) is 0 Å². The summed E-state index contributed by atoms with van der Waals surface area (Å²) in [6.07, 6.45) is 0. The summed E-state index contributed by atoms with van der Waals surface area (Å²) >= 11 is 0. The van der Waals surface area contributed by atoms with Gasteiger partial charge < -0.3 is 16.0 Å². The third-order valence-corrected chi connectivity index (χ3v) is 2.48. The molecular weight excluding hydrogens is 218 g/mol. The highest BCUT2D eigenvalue weighted by molar-refractivity contribution is 6.39. The molecule has 1 rings (SSSR count). The van der Waals surface area contributed by atoms with Crippen LogP contribution in [0, 0.1) is 0 Å². The van der Waals surface area contributed by atoms with Gasteiger partial charge in [0.05, 0.1) is 0 Å². The Morgan fingerprint density at radius 1 is 1.18 bits per heavy atom. The molecule has 0 atom stereocenters. The molecule has 0 aliphatic rings. The minimum absolute atomic E-state index is 0.560. The van der Waals surface area contributed by atoms with Crippen LogP contribution in [0.1, 0.15) is 13.8 Å². The van der Waals surface area contributed by atoms with E-state index in [2.05, 4.69) is 24.1 Å². The van der Waals surface area contributed by atoms with E-state index in [0.717, 1.165) is 18.8 Å². The molecule has 0 radical (unpaired) electrons. The van der Waals surface area contributed by atoms with Crippen LogP contribution < -0.4 is 16.0 Å². The Hall–Kier alpha value is -2.04. The highest BCUT2D eigenvalue weighted by Crippen LogP contribution is 2.17. The normalized spacial score (nSPS) is 9.76. The summed E-state index contributed by atoms with van der Waals surface area (Å²) < 4.78 is 0. The molecule has 0 fully saturated rings. The van der Waals surface area contributed by atoms with Crippen molar-refractivity contribution in [1.82, 2.24) is 0 Å². The van der Waals surface area contributed by atoms with Gasteiger partial charge in [-0.2, -0.15) is 0 Å². The summed E-state index contributed by atoms with van der Waals surface area (Å²) in [5.74, 6) is -1.79. The standard InChI is InChI=1S/C12H17N3O2/c1-3-15(4-2)10-7-5-9(6-8-10)14-12(17)11(13)16/h5-8H,3-4H2,1-2H3,(H2,13,16)(H,14,17). The molecular formula is C12H17N3O2. The van der Waals surface area contributed by atoms with E-state index in [9.17, 15) is 9.59 Å². The van der Waals surface area contributed by atoms with Crippen molar-refractivity contribution in [3.8, 4) is 0 Å². The van der Waals surface area contributed by atoms with Gasteiger partial charge in [0, 0.05) is 24.5 Å². The molecule has 0 saturated heterocycles. The lowest BCUT2D eigenvalue weighted by Crippen LogP contribution is -2.29. The number of nitrogens with two attached hydrogens (primary N) is 1. The predicted octanol–water partition coefficient (Wildman–Crippen LogP) is 0.957. The largest absolute Gasteiger partial charge is 0.372 e. The minimum Gasteiger partial charge on any atom is -0.372 e. The number of rotatable bonds is 4. The molecule has 92 valence electrons. The van der Waals surface area contributed by atoms with E-state index in [-0.39, 0.29) is 0 Å². The fraction of sp³-hybridized carbons (Fsp3) is 0.333. The average Bonchev–Trinajstić information content (AvgIpc) is 2.32. The van der Waals surface area contributed by atoms with Crippen LogP contribution in [0.5, 0.6) is 0 Å². The number of nitrogens with zero attached hydrogens (tertiary/aromatic N) is 1. The summed E-state index contributed by atoms with van der Waals surface area (Å²) in [5, 5.41) is 2.41. The average molecular weight is 235 g/mol. The number of anilines is 2. The summed E-state index contributed by atoms with van der Waals surface area (Å²) in [6, 6.07) is 7.27. The second-order valence-corrected chi connectivity index (χ2v) is 3.54. The summed E-state index contributed by atoms with van der Waals surface area (Å²) in [6.45, 7) is 5.99. The number of hydrogen-bond acceptors (Lipinski definition) is 3. The Balaban J connectivity index is 2.74. The molecule has 1 aromatic carbocycles. The molecule has 0 aliphatic carbocycles. The van der Waals surface area contributed by atoms with E-state index in [1.807, 2.05) is 12.1 Å². The Morgan fingerprint density at radius 3 is 2.12 bits per heavy atom. The van der Waals surface area contributed by atoms with Gasteiger partial charge in [0.2, 0.25) is 0 Å². The Bertz CT molecular complexity index is 397. The van der Waals surface area contributed by atoms with Gasteiger partial charge in [-0.3, -0.25) is 9.59 Å². The maximum absolute atomic E-state index is 11.0. The lowest BCUT2D eigenvalue weighted by Gasteiger charge is -2.21. The monoisotopic (exact) mass is 235 g/mol. The third kappa shape index (κ3) is 3.48. The maximum atomic E-state index is 11.0. The summed E-state index contributed by atoms with van der Waals surface area (Å²) in [4.78, 5) is 23.8. The van der Waals surface area contributed by atoms with Crippen molar-refractivity contribution in [3.05, 3.63) is 24.3 Å². The highest BCUT2D eigenvalue weighted by atomic mass is 16.2. The van der Waals surface area contributed by atoms with Crippen LogP contribution in [0.4, 0.5) is 11.4 Å². The predicted molar refractivity (Wildman–Crippen MR) is 67.8 cm³/mol. The molecule has 2 amide bonds. The molecule has 0 heterocycles. The first-order chi connectivity index (χ1) is 8.08. The molecule has 17 heavy (non-hydrogen) atoms. The molecule has 3 N–H and O–H groups in total. The third-order valence-electron chi connectivity index (χ3n) is 2.48. The fourth-order valence-electron chi connectivity index (χ4n) is 1.54. The van der Waals surface area contributed by atoms with E-state index in [0.29, 0.717) is 5.69 Å². The van der Waals surface area contributed by atoms with Gasteiger partial charge in [-0.1, -0.05) is 0 Å². The van der Waals surface area contributed by atoms with Crippen LogP contribution >= 0.6 is 0 Å². The molecule has 5 nitrogen and oxygen atoms in total. The van der Waals surface area contributed by atoms with E-state index in [1.54, 1.807) is 12.1 Å². The number of carbonyl (C=O) groups is 2. The zero-order valence-corrected chi connectivity index (χ0v) is 10.1. The topological polar surface area (TPSA) is 75.4 Å². The van der Waals surface area contributed by atoms with Gasteiger partial charge in [-0.05, 0) is 38.1 Å². The lowest BCUT2D eigenvalue weighted by molar-refractivity contribution is -0.134. The number of amides is 2. The molecule has 0 unspecified atom stereocenters. The van der Waals surface area contributed by atoms with E-state index in [1.165, 1.54) is 0 Å². The SMILES string of the molecule is CCN(CC)c1ccc(NC(=O)C(N)=O)cc1. The maximum Gasteiger partial charge on any atom is 0.313 e. The summed E-state index contributed by atoms with van der Waals surface area (Å²) in [7, 11) is 0. The van der Waals surface area contributed by atoms with Crippen LogP contribution in [0.25, 0.3) is 0 Å². The first-order valence-corrected chi connectivity index (χ1v) is 5.54. The Morgan fingerprint density at radius 2 is 1.71 bits per heavy atom. The second kappa shape index (κ2) is 5.89. The quantitative estimate of drug-likeness (QED) is 0.763. The van der Waals surface area contributed by atoms with Crippen LogP contribution in [-0.4, -0.2) is 24.9 Å². The molecule has 5 heteroatoms. The number of nitrogens with one attached hydrogen (secondary N) is 1.